The van der Waals surface area contributed by atoms with Gasteiger partial charge >= 0.3 is 0 Å². The van der Waals surface area contributed by atoms with Crippen LogP contribution >= 0.6 is 0 Å². The van der Waals surface area contributed by atoms with Gasteiger partial charge in [-0.05, 0) is 38.7 Å². The van der Waals surface area contributed by atoms with Gasteiger partial charge in [0.15, 0.2) is 5.78 Å². The molecule has 0 rings (SSSR count). The van der Waals surface area contributed by atoms with Gasteiger partial charge in [-0.25, -0.2) is 0 Å². The summed E-state index contributed by atoms with van der Waals surface area (Å²) in [6, 6.07) is 0. The molecule has 0 aromatic rings. The van der Waals surface area contributed by atoms with E-state index in [4.69, 9.17) is 0 Å². The first-order valence-electron chi connectivity index (χ1n) is 5.28. The van der Waals surface area contributed by atoms with E-state index in [0.717, 1.165) is 24.8 Å². The zero-order valence-corrected chi connectivity index (χ0v) is 9.77. The topological polar surface area (TPSA) is 34.1 Å². The molecule has 0 aromatic carbocycles. The van der Waals surface area contributed by atoms with E-state index in [0.29, 0.717) is 18.4 Å². The number of Topliss-reactive ketones (excluding diaryl/α,β-unsaturated/α-hetero) is 2. The Kier molecular flexibility index (Phi) is 6.59. The first kappa shape index (κ1) is 13.8. The molecule has 2 heteroatoms. The zero-order chi connectivity index (χ0) is 11.8. The largest absolute Gasteiger partial charge is 0.300 e. The van der Waals surface area contributed by atoms with Gasteiger partial charge in [0.05, 0.1) is 0 Å². The van der Waals surface area contributed by atoms with Gasteiger partial charge in [-0.1, -0.05) is 18.7 Å². The van der Waals surface area contributed by atoms with Crippen molar-refractivity contribution in [3.05, 3.63) is 24.3 Å². The molecule has 0 atom stereocenters. The Bertz CT molecular complexity index is 274. The lowest BCUT2D eigenvalue weighted by atomic mass is 10.0. The summed E-state index contributed by atoms with van der Waals surface area (Å²) in [7, 11) is 0. The second kappa shape index (κ2) is 7.16. The van der Waals surface area contributed by atoms with Gasteiger partial charge in [-0.15, -0.1) is 0 Å². The van der Waals surface area contributed by atoms with Crippen LogP contribution in [-0.2, 0) is 9.59 Å². The summed E-state index contributed by atoms with van der Waals surface area (Å²) in [4.78, 5) is 21.9. The molecule has 0 heterocycles. The quantitative estimate of drug-likeness (QED) is 0.348. The molecule has 0 amide bonds. The van der Waals surface area contributed by atoms with Crippen LogP contribution in [0.3, 0.4) is 0 Å². The number of rotatable bonds is 8. The van der Waals surface area contributed by atoms with Gasteiger partial charge in [0, 0.05) is 12.8 Å². The van der Waals surface area contributed by atoms with Gasteiger partial charge in [0.1, 0.15) is 5.78 Å². The lowest BCUT2D eigenvalue weighted by Crippen LogP contribution is -1.98. The molecule has 0 unspecified atom stereocenters. The first-order valence-corrected chi connectivity index (χ1v) is 5.28. The SMILES string of the molecule is C=C(CCCCC(=O)C(=C)C)CC(C)=O. The predicted octanol–water partition coefficient (Wildman–Crippen LogP) is 3.23. The summed E-state index contributed by atoms with van der Waals surface area (Å²) in [5, 5.41) is 0. The fraction of sp³-hybridized carbons (Fsp3) is 0.538. The fourth-order valence-corrected chi connectivity index (χ4v) is 1.31. The summed E-state index contributed by atoms with van der Waals surface area (Å²) >= 11 is 0. The van der Waals surface area contributed by atoms with Crippen molar-refractivity contribution >= 4 is 11.6 Å². The molecule has 0 aliphatic heterocycles. The Morgan fingerprint density at radius 1 is 1.00 bits per heavy atom. The highest BCUT2D eigenvalue weighted by Crippen LogP contribution is 2.12. The van der Waals surface area contributed by atoms with Crippen molar-refractivity contribution in [2.45, 2.75) is 46.0 Å². The van der Waals surface area contributed by atoms with Crippen LogP contribution in [0, 0.1) is 0 Å². The summed E-state index contributed by atoms with van der Waals surface area (Å²) in [5.41, 5.74) is 1.59. The highest BCUT2D eigenvalue weighted by molar-refractivity contribution is 5.93. The Hall–Kier alpha value is -1.18. The minimum absolute atomic E-state index is 0.132. The van der Waals surface area contributed by atoms with Crippen LogP contribution in [0.5, 0.6) is 0 Å². The molecular weight excluding hydrogens is 188 g/mol. The molecule has 0 fully saturated rings. The van der Waals surface area contributed by atoms with Crippen LogP contribution in [0.4, 0.5) is 0 Å². The average Bonchev–Trinajstić information content (AvgIpc) is 2.10. The third kappa shape index (κ3) is 7.86. The third-order valence-electron chi connectivity index (χ3n) is 2.16. The molecule has 0 radical (unpaired) electrons. The van der Waals surface area contributed by atoms with Crippen molar-refractivity contribution in [1.29, 1.82) is 0 Å². The van der Waals surface area contributed by atoms with E-state index in [1.54, 1.807) is 13.8 Å². The third-order valence-corrected chi connectivity index (χ3v) is 2.16. The van der Waals surface area contributed by atoms with E-state index in [-0.39, 0.29) is 11.6 Å². The second-order valence-electron chi connectivity index (χ2n) is 4.04. The van der Waals surface area contributed by atoms with Gasteiger partial charge in [-0.2, -0.15) is 0 Å². The molecule has 0 aliphatic rings. The number of allylic oxidation sites excluding steroid dienone is 2. The Morgan fingerprint density at radius 3 is 2.00 bits per heavy atom. The second-order valence-corrected chi connectivity index (χ2v) is 4.04. The van der Waals surface area contributed by atoms with Crippen LogP contribution < -0.4 is 0 Å². The van der Waals surface area contributed by atoms with Gasteiger partial charge in [-0.3, -0.25) is 9.59 Å². The Balaban J connectivity index is 3.55. The maximum absolute atomic E-state index is 11.2. The van der Waals surface area contributed by atoms with E-state index in [1.807, 2.05) is 0 Å². The van der Waals surface area contributed by atoms with Crippen LogP contribution in [0.2, 0.25) is 0 Å². The van der Waals surface area contributed by atoms with E-state index >= 15 is 0 Å². The summed E-state index contributed by atoms with van der Waals surface area (Å²) in [6.45, 7) is 10.7. The maximum atomic E-state index is 11.2. The average molecular weight is 208 g/mol. The number of unbranched alkanes of at least 4 members (excludes halogenated alkanes) is 1. The van der Waals surface area contributed by atoms with Crippen molar-refractivity contribution in [3.8, 4) is 0 Å². The molecule has 2 nitrogen and oxygen atoms in total. The molecule has 0 aliphatic carbocycles. The molecule has 15 heavy (non-hydrogen) atoms. The van der Waals surface area contributed by atoms with Crippen molar-refractivity contribution in [2.75, 3.05) is 0 Å². The summed E-state index contributed by atoms with van der Waals surface area (Å²) in [5.74, 6) is 0.283. The van der Waals surface area contributed by atoms with E-state index < -0.39 is 0 Å². The molecule has 0 spiro atoms. The monoisotopic (exact) mass is 208 g/mol. The van der Waals surface area contributed by atoms with Crippen molar-refractivity contribution < 1.29 is 9.59 Å². The van der Waals surface area contributed by atoms with Gasteiger partial charge in [0.2, 0.25) is 0 Å². The number of carbonyl (C=O) groups is 2. The highest BCUT2D eigenvalue weighted by Gasteiger charge is 2.03. The number of hydrogen-bond acceptors (Lipinski definition) is 2. The normalized spacial score (nSPS) is 9.73. The standard InChI is InChI=1S/C13H20O2/c1-10(2)13(15)8-6-5-7-11(3)9-12(4)14/h1,3,5-9H2,2,4H3. The molecule has 0 saturated carbocycles. The minimum Gasteiger partial charge on any atom is -0.300 e. The number of carbonyl (C=O) groups excluding carboxylic acids is 2. The van der Waals surface area contributed by atoms with Crippen LogP contribution in [0.15, 0.2) is 24.3 Å². The zero-order valence-electron chi connectivity index (χ0n) is 9.77. The molecular formula is C13H20O2. The van der Waals surface area contributed by atoms with E-state index in [2.05, 4.69) is 13.2 Å². The lowest BCUT2D eigenvalue weighted by molar-refractivity contribution is -0.117. The van der Waals surface area contributed by atoms with E-state index in [1.165, 1.54) is 0 Å². The van der Waals surface area contributed by atoms with Gasteiger partial charge < -0.3 is 0 Å². The summed E-state index contributed by atoms with van der Waals surface area (Å²) < 4.78 is 0. The molecule has 0 N–H and O–H groups in total. The predicted molar refractivity (Wildman–Crippen MR) is 62.7 cm³/mol. The van der Waals surface area contributed by atoms with Crippen molar-refractivity contribution in [3.63, 3.8) is 0 Å². The Morgan fingerprint density at radius 2 is 1.53 bits per heavy atom. The first-order chi connectivity index (χ1) is 6.93. The molecule has 0 bridgehead atoms. The fourth-order valence-electron chi connectivity index (χ4n) is 1.31. The highest BCUT2D eigenvalue weighted by atomic mass is 16.1. The molecule has 84 valence electrons. The molecule has 0 aromatic heterocycles. The van der Waals surface area contributed by atoms with Crippen LogP contribution in [0.1, 0.15) is 46.0 Å². The molecule has 0 saturated heterocycles. The minimum atomic E-state index is 0.132. The van der Waals surface area contributed by atoms with E-state index in [9.17, 15) is 9.59 Å². The van der Waals surface area contributed by atoms with Crippen molar-refractivity contribution in [2.24, 2.45) is 0 Å². The lowest BCUT2D eigenvalue weighted by Gasteiger charge is -2.03. The smallest absolute Gasteiger partial charge is 0.157 e. The van der Waals surface area contributed by atoms with Gasteiger partial charge in [0.25, 0.3) is 0 Å². The van der Waals surface area contributed by atoms with Crippen LogP contribution in [0.25, 0.3) is 0 Å². The summed E-state index contributed by atoms with van der Waals surface area (Å²) in [6.07, 6.45) is 3.63. The Labute approximate surface area is 92.1 Å². The maximum Gasteiger partial charge on any atom is 0.157 e. The number of hydrogen-bond donors (Lipinski definition) is 0. The van der Waals surface area contributed by atoms with Crippen molar-refractivity contribution in [1.82, 2.24) is 0 Å². The number of ketones is 2. The van der Waals surface area contributed by atoms with Crippen LogP contribution in [-0.4, -0.2) is 11.6 Å².